The van der Waals surface area contributed by atoms with Crippen LogP contribution < -0.4 is 0 Å². The van der Waals surface area contributed by atoms with E-state index >= 15 is 0 Å². The smallest absolute Gasteiger partial charge is 0.306 e. The van der Waals surface area contributed by atoms with Gasteiger partial charge >= 0.3 is 5.97 Å². The summed E-state index contributed by atoms with van der Waals surface area (Å²) in [4.78, 5) is 16.3. The van der Waals surface area contributed by atoms with E-state index in [9.17, 15) is 9.90 Å². The minimum atomic E-state index is -0.821. The first kappa shape index (κ1) is 16.4. The first-order valence-corrected chi connectivity index (χ1v) is 9.56. The van der Waals surface area contributed by atoms with Gasteiger partial charge < -0.3 is 14.8 Å². The number of thiophene rings is 1. The van der Waals surface area contributed by atoms with Crippen molar-refractivity contribution in [3.05, 3.63) is 47.0 Å². The third kappa shape index (κ3) is 2.68. The van der Waals surface area contributed by atoms with Gasteiger partial charge in [-0.3, -0.25) is 4.79 Å². The third-order valence-electron chi connectivity index (χ3n) is 4.99. The highest BCUT2D eigenvalue weighted by Gasteiger charge is 2.41. The van der Waals surface area contributed by atoms with Gasteiger partial charge in [0, 0.05) is 21.3 Å². The standard InChI is InChI=1S/C20H21NO3S/c1-2-9-20(12-17(22)23)19-14(8-10-24-20)18-13(16-7-4-11-25-16)5-3-6-15(18)21-19/h3-7,11,21H,2,8-10,12H2,1H3,(H,22,23). The fourth-order valence-corrected chi connectivity index (χ4v) is 4.84. The Balaban J connectivity index is 1.96. The van der Waals surface area contributed by atoms with Gasteiger partial charge in [0.05, 0.1) is 18.7 Å². The molecular formula is C20H21NO3S. The Bertz CT molecular complexity index is 913. The van der Waals surface area contributed by atoms with E-state index in [-0.39, 0.29) is 6.42 Å². The molecule has 3 aromatic rings. The maximum Gasteiger partial charge on any atom is 0.306 e. The molecule has 4 nitrogen and oxygen atoms in total. The molecule has 2 N–H and O–H groups in total. The van der Waals surface area contributed by atoms with Crippen molar-refractivity contribution < 1.29 is 14.6 Å². The maximum absolute atomic E-state index is 11.5. The number of ether oxygens (including phenoxy) is 1. The second-order valence-electron chi connectivity index (χ2n) is 6.60. The second-order valence-corrected chi connectivity index (χ2v) is 7.54. The number of hydrogen-bond donors (Lipinski definition) is 2. The zero-order valence-electron chi connectivity index (χ0n) is 14.2. The monoisotopic (exact) mass is 355 g/mol. The highest BCUT2D eigenvalue weighted by atomic mass is 32.1. The van der Waals surface area contributed by atoms with E-state index in [1.807, 2.05) is 0 Å². The largest absolute Gasteiger partial charge is 0.481 e. The lowest BCUT2D eigenvalue weighted by atomic mass is 9.84. The lowest BCUT2D eigenvalue weighted by molar-refractivity contribution is -0.149. The predicted molar refractivity (Wildman–Crippen MR) is 100 cm³/mol. The van der Waals surface area contributed by atoms with Crippen LogP contribution in [0.1, 0.15) is 37.4 Å². The quantitative estimate of drug-likeness (QED) is 0.681. The number of nitrogens with one attached hydrogen (secondary N) is 1. The predicted octanol–water partition coefficient (Wildman–Crippen LogP) is 4.94. The number of fused-ring (bicyclic) bond motifs is 3. The summed E-state index contributed by atoms with van der Waals surface area (Å²) in [5.41, 5.74) is 3.71. The Morgan fingerprint density at radius 1 is 1.36 bits per heavy atom. The Morgan fingerprint density at radius 3 is 2.96 bits per heavy atom. The molecule has 25 heavy (non-hydrogen) atoms. The van der Waals surface area contributed by atoms with Gasteiger partial charge in [-0.05, 0) is 35.9 Å². The van der Waals surface area contributed by atoms with Crippen molar-refractivity contribution in [2.75, 3.05) is 6.61 Å². The van der Waals surface area contributed by atoms with Gasteiger partial charge in [0.2, 0.25) is 0 Å². The highest BCUT2D eigenvalue weighted by Crippen LogP contribution is 2.45. The number of rotatable bonds is 5. The van der Waals surface area contributed by atoms with E-state index in [2.05, 4.69) is 47.6 Å². The molecule has 0 aliphatic carbocycles. The van der Waals surface area contributed by atoms with Gasteiger partial charge in [-0.1, -0.05) is 31.5 Å². The molecule has 2 aromatic heterocycles. The number of hydrogen-bond acceptors (Lipinski definition) is 3. The minimum absolute atomic E-state index is 0.00496. The molecule has 0 fully saturated rings. The van der Waals surface area contributed by atoms with Crippen molar-refractivity contribution in [1.29, 1.82) is 0 Å². The van der Waals surface area contributed by atoms with E-state index < -0.39 is 11.6 Å². The number of benzene rings is 1. The van der Waals surface area contributed by atoms with Crippen molar-refractivity contribution in [2.24, 2.45) is 0 Å². The molecule has 0 radical (unpaired) electrons. The van der Waals surface area contributed by atoms with Gasteiger partial charge in [0.15, 0.2) is 0 Å². The van der Waals surface area contributed by atoms with Gasteiger partial charge in [-0.25, -0.2) is 0 Å². The van der Waals surface area contributed by atoms with Crippen LogP contribution in [0.5, 0.6) is 0 Å². The molecule has 3 heterocycles. The summed E-state index contributed by atoms with van der Waals surface area (Å²) in [5, 5.41) is 12.8. The van der Waals surface area contributed by atoms with Crippen molar-refractivity contribution in [2.45, 2.75) is 38.2 Å². The van der Waals surface area contributed by atoms with E-state index in [0.717, 1.165) is 24.1 Å². The summed E-state index contributed by atoms with van der Waals surface area (Å²) >= 11 is 1.73. The molecule has 0 saturated carbocycles. The average molecular weight is 355 g/mol. The molecule has 1 aliphatic heterocycles. The Hall–Kier alpha value is -2.11. The molecule has 1 aliphatic rings. The Labute approximate surface area is 150 Å². The number of aromatic amines is 1. The Kier molecular flexibility index (Phi) is 4.13. The van der Waals surface area contributed by atoms with Crippen molar-refractivity contribution in [3.63, 3.8) is 0 Å². The van der Waals surface area contributed by atoms with Gasteiger partial charge in [-0.2, -0.15) is 0 Å². The minimum Gasteiger partial charge on any atom is -0.481 e. The van der Waals surface area contributed by atoms with Gasteiger partial charge in [0.25, 0.3) is 0 Å². The molecule has 130 valence electrons. The summed E-state index contributed by atoms with van der Waals surface area (Å²) < 4.78 is 6.09. The normalized spacial score (nSPS) is 19.9. The van der Waals surface area contributed by atoms with Gasteiger partial charge in [-0.15, -0.1) is 11.3 Å². The number of aliphatic carboxylic acids is 1. The molecule has 0 bridgehead atoms. The zero-order valence-corrected chi connectivity index (χ0v) is 15.0. The molecule has 1 atom stereocenters. The van der Waals surface area contributed by atoms with Crippen LogP contribution in [0.4, 0.5) is 0 Å². The van der Waals surface area contributed by atoms with E-state index in [4.69, 9.17) is 4.74 Å². The SMILES string of the molecule is CCCC1(CC(=O)O)OCCc2c1[nH]c1cccc(-c3cccs3)c21. The molecule has 4 rings (SSSR count). The van der Waals surface area contributed by atoms with Crippen molar-refractivity contribution >= 4 is 28.2 Å². The van der Waals surface area contributed by atoms with Crippen LogP contribution in [0.2, 0.25) is 0 Å². The molecule has 0 spiro atoms. The maximum atomic E-state index is 11.5. The number of aromatic nitrogens is 1. The molecule has 0 saturated heterocycles. The van der Waals surface area contributed by atoms with Crippen LogP contribution in [-0.4, -0.2) is 22.7 Å². The number of carbonyl (C=O) groups is 1. The number of H-pyrrole nitrogens is 1. The summed E-state index contributed by atoms with van der Waals surface area (Å²) in [6.07, 6.45) is 2.38. The fraction of sp³-hybridized carbons (Fsp3) is 0.350. The first-order chi connectivity index (χ1) is 12.1. The molecule has 1 unspecified atom stereocenters. The van der Waals surface area contributed by atoms with E-state index in [1.165, 1.54) is 21.4 Å². The molecule has 5 heteroatoms. The molecule has 1 aromatic carbocycles. The number of carboxylic acid groups (broad SMARTS) is 1. The third-order valence-corrected chi connectivity index (χ3v) is 5.89. The molecular weight excluding hydrogens is 334 g/mol. The van der Waals surface area contributed by atoms with Crippen LogP contribution >= 0.6 is 11.3 Å². The lowest BCUT2D eigenvalue weighted by Gasteiger charge is -2.36. The number of carboxylic acids is 1. The summed E-state index contributed by atoms with van der Waals surface area (Å²) in [6, 6.07) is 10.5. The topological polar surface area (TPSA) is 62.3 Å². The molecule has 0 amide bonds. The Morgan fingerprint density at radius 2 is 2.24 bits per heavy atom. The summed E-state index contributed by atoms with van der Waals surface area (Å²) in [6.45, 7) is 2.63. The van der Waals surface area contributed by atoms with Crippen LogP contribution in [0, 0.1) is 0 Å². The van der Waals surface area contributed by atoms with Gasteiger partial charge in [0.1, 0.15) is 5.60 Å². The summed E-state index contributed by atoms with van der Waals surface area (Å²) in [5.74, 6) is -0.821. The van der Waals surface area contributed by atoms with E-state index in [1.54, 1.807) is 11.3 Å². The second kappa shape index (κ2) is 6.32. The average Bonchev–Trinajstić information content (AvgIpc) is 3.22. The van der Waals surface area contributed by atoms with Crippen LogP contribution in [0.3, 0.4) is 0 Å². The van der Waals surface area contributed by atoms with Crippen LogP contribution in [0.15, 0.2) is 35.7 Å². The van der Waals surface area contributed by atoms with Crippen molar-refractivity contribution in [1.82, 2.24) is 4.98 Å². The first-order valence-electron chi connectivity index (χ1n) is 8.68. The van der Waals surface area contributed by atoms with Crippen molar-refractivity contribution in [3.8, 4) is 10.4 Å². The summed E-state index contributed by atoms with van der Waals surface area (Å²) in [7, 11) is 0. The highest BCUT2D eigenvalue weighted by molar-refractivity contribution is 7.13. The lowest BCUT2D eigenvalue weighted by Crippen LogP contribution is -2.37. The zero-order chi connectivity index (χ0) is 17.4. The van der Waals surface area contributed by atoms with Crippen LogP contribution in [0.25, 0.3) is 21.3 Å². The van der Waals surface area contributed by atoms with E-state index in [0.29, 0.717) is 13.0 Å². The van der Waals surface area contributed by atoms with Crippen LogP contribution in [-0.2, 0) is 21.6 Å². The fourth-order valence-electron chi connectivity index (χ4n) is 4.09.